The van der Waals surface area contributed by atoms with E-state index in [2.05, 4.69) is 4.74 Å². The fraction of sp³-hybridized carbons (Fsp3) is 0.786. The molecule has 9 nitrogen and oxygen atoms in total. The lowest BCUT2D eigenvalue weighted by atomic mass is 9.95. The molecule has 0 aromatic carbocycles. The number of fused-ring (bicyclic) bond motifs is 1. The summed E-state index contributed by atoms with van der Waals surface area (Å²) in [5, 5.41) is 0. The number of esters is 3. The van der Waals surface area contributed by atoms with E-state index in [4.69, 9.17) is 14.0 Å². The molecule has 0 amide bonds. The van der Waals surface area contributed by atoms with Gasteiger partial charge in [0.15, 0.2) is 6.61 Å². The number of halogens is 6. The maximum Gasteiger partial charge on any atom is 0.430 e. The quantitative estimate of drug-likeness (QED) is 0.271. The molecule has 4 unspecified atom stereocenters. The number of ether oxygens (including phenoxy) is 3. The number of alkyl halides is 6. The Morgan fingerprint density at radius 1 is 1.13 bits per heavy atom. The fourth-order valence-corrected chi connectivity index (χ4v) is 4.36. The minimum absolute atomic E-state index is 0.0203. The van der Waals surface area contributed by atoms with Crippen LogP contribution in [0.2, 0.25) is 0 Å². The van der Waals surface area contributed by atoms with E-state index in [1.807, 2.05) is 0 Å². The molecule has 30 heavy (non-hydrogen) atoms. The van der Waals surface area contributed by atoms with Gasteiger partial charge in [-0.15, -0.1) is 0 Å². The zero-order valence-corrected chi connectivity index (χ0v) is 15.6. The molecule has 2 rings (SSSR count). The van der Waals surface area contributed by atoms with Gasteiger partial charge in [-0.25, -0.2) is 9.59 Å². The monoisotopic (exact) mass is 472 g/mol. The predicted molar refractivity (Wildman–Crippen MR) is 79.0 cm³/mol. The Morgan fingerprint density at radius 2 is 1.67 bits per heavy atom. The third-order valence-corrected chi connectivity index (χ3v) is 6.27. The third-order valence-electron chi connectivity index (χ3n) is 4.87. The lowest BCUT2D eigenvalue weighted by Gasteiger charge is -2.31. The highest BCUT2D eigenvalue weighted by Crippen LogP contribution is 2.49. The summed E-state index contributed by atoms with van der Waals surface area (Å²) in [7, 11) is -7.16. The summed E-state index contributed by atoms with van der Waals surface area (Å²) >= 11 is 0. The first-order valence-electron chi connectivity index (χ1n) is 8.11. The fourth-order valence-electron chi connectivity index (χ4n) is 3.50. The standard InChI is InChI=1S/C14H14F6O9S/c1-5-7-2-6(3-8(7)10(22)28-5)29-9(21)4-27-11(23)12(13(15,16)17,14(18,19)20)30(24,25)26/h5-8H,2-4H2,1H3,(H,24,25,26). The van der Waals surface area contributed by atoms with E-state index < -0.39 is 69.9 Å². The third kappa shape index (κ3) is 3.93. The molecule has 172 valence electrons. The summed E-state index contributed by atoms with van der Waals surface area (Å²) in [5.41, 5.74) is 0. The minimum Gasteiger partial charge on any atom is -0.462 e. The van der Waals surface area contributed by atoms with Crippen molar-refractivity contribution >= 4 is 28.0 Å². The highest BCUT2D eigenvalue weighted by atomic mass is 32.2. The van der Waals surface area contributed by atoms with Gasteiger partial charge < -0.3 is 14.2 Å². The first-order chi connectivity index (χ1) is 13.4. The lowest BCUT2D eigenvalue weighted by Crippen LogP contribution is -2.67. The van der Waals surface area contributed by atoms with Crippen molar-refractivity contribution in [3.63, 3.8) is 0 Å². The molecular weight excluding hydrogens is 458 g/mol. The first-order valence-corrected chi connectivity index (χ1v) is 9.55. The average Bonchev–Trinajstić information content (AvgIpc) is 3.02. The van der Waals surface area contributed by atoms with Crippen molar-refractivity contribution in [1.82, 2.24) is 0 Å². The molecule has 1 N–H and O–H groups in total. The molecule has 1 saturated heterocycles. The van der Waals surface area contributed by atoms with Crippen LogP contribution < -0.4 is 0 Å². The highest BCUT2D eigenvalue weighted by Gasteiger charge is 2.84. The molecule has 1 aliphatic heterocycles. The molecule has 1 saturated carbocycles. The van der Waals surface area contributed by atoms with E-state index in [1.165, 1.54) is 0 Å². The van der Waals surface area contributed by atoms with E-state index in [-0.39, 0.29) is 18.8 Å². The number of hydrogen-bond donors (Lipinski definition) is 1. The van der Waals surface area contributed by atoms with Gasteiger partial charge in [-0.05, 0) is 19.8 Å². The van der Waals surface area contributed by atoms with Crippen molar-refractivity contribution in [2.45, 2.75) is 49.1 Å². The van der Waals surface area contributed by atoms with Gasteiger partial charge in [0.05, 0.1) is 5.92 Å². The Balaban J connectivity index is 2.09. The molecule has 16 heteroatoms. The van der Waals surface area contributed by atoms with Gasteiger partial charge in [-0.2, -0.15) is 34.8 Å². The van der Waals surface area contributed by atoms with E-state index in [0.717, 1.165) is 0 Å². The number of hydrogen-bond acceptors (Lipinski definition) is 8. The van der Waals surface area contributed by atoms with Crippen LogP contribution in [-0.4, -0.2) is 66.8 Å². The van der Waals surface area contributed by atoms with Crippen molar-refractivity contribution in [2.75, 3.05) is 6.61 Å². The second-order valence-electron chi connectivity index (χ2n) is 6.72. The molecule has 4 atom stereocenters. The van der Waals surface area contributed by atoms with Gasteiger partial charge in [-0.3, -0.25) is 9.35 Å². The van der Waals surface area contributed by atoms with Crippen molar-refractivity contribution in [2.24, 2.45) is 11.8 Å². The Kier molecular flexibility index (Phi) is 6.08. The van der Waals surface area contributed by atoms with Crippen molar-refractivity contribution in [3.05, 3.63) is 0 Å². The molecule has 2 fully saturated rings. The van der Waals surface area contributed by atoms with Crippen molar-refractivity contribution < 1.29 is 67.9 Å². The van der Waals surface area contributed by atoms with Crippen LogP contribution in [0.5, 0.6) is 0 Å². The minimum atomic E-state index is -7.16. The Bertz CT molecular complexity index is 820. The lowest BCUT2D eigenvalue weighted by molar-refractivity contribution is -0.269. The largest absolute Gasteiger partial charge is 0.462 e. The molecule has 1 aliphatic carbocycles. The van der Waals surface area contributed by atoms with E-state index in [0.29, 0.717) is 0 Å². The van der Waals surface area contributed by atoms with E-state index >= 15 is 0 Å². The maximum atomic E-state index is 13.0. The second-order valence-corrected chi connectivity index (χ2v) is 8.29. The van der Waals surface area contributed by atoms with Crippen LogP contribution in [-0.2, 0) is 38.7 Å². The van der Waals surface area contributed by atoms with Crippen LogP contribution >= 0.6 is 0 Å². The van der Waals surface area contributed by atoms with Crippen LogP contribution in [0, 0.1) is 11.8 Å². The van der Waals surface area contributed by atoms with Crippen LogP contribution in [0.1, 0.15) is 19.8 Å². The number of carbonyl (C=O) groups is 3. The molecule has 0 aromatic rings. The van der Waals surface area contributed by atoms with E-state index in [1.54, 1.807) is 6.92 Å². The summed E-state index contributed by atoms with van der Waals surface area (Å²) in [4.78, 5) is 34.8. The van der Waals surface area contributed by atoms with Crippen LogP contribution in [0.3, 0.4) is 0 Å². The normalized spacial score (nSPS) is 27.4. The van der Waals surface area contributed by atoms with Gasteiger partial charge in [0.1, 0.15) is 12.2 Å². The van der Waals surface area contributed by atoms with Crippen LogP contribution in [0.15, 0.2) is 0 Å². The molecule has 0 bridgehead atoms. The molecule has 0 aromatic heterocycles. The maximum absolute atomic E-state index is 13.0. The van der Waals surface area contributed by atoms with E-state index in [9.17, 15) is 49.1 Å². The second kappa shape index (κ2) is 7.55. The van der Waals surface area contributed by atoms with Crippen molar-refractivity contribution in [3.8, 4) is 0 Å². The summed E-state index contributed by atoms with van der Waals surface area (Å²) in [5.74, 6) is -6.53. The number of rotatable bonds is 5. The summed E-state index contributed by atoms with van der Waals surface area (Å²) in [6.07, 6.45) is -15.1. The molecular formula is C14H14F6O9S. The number of cyclic esters (lactones) is 1. The van der Waals surface area contributed by atoms with Gasteiger partial charge in [0, 0.05) is 5.92 Å². The Labute approximate surface area is 164 Å². The summed E-state index contributed by atoms with van der Waals surface area (Å²) in [6.45, 7) is -0.216. The highest BCUT2D eigenvalue weighted by molar-refractivity contribution is 7.88. The van der Waals surface area contributed by atoms with Gasteiger partial charge in [-0.1, -0.05) is 0 Å². The zero-order valence-electron chi connectivity index (χ0n) is 14.8. The van der Waals surface area contributed by atoms with Gasteiger partial charge in [0.2, 0.25) is 0 Å². The van der Waals surface area contributed by atoms with Gasteiger partial charge in [0.25, 0.3) is 0 Å². The molecule has 0 spiro atoms. The molecule has 2 aliphatic rings. The Hall–Kier alpha value is -2.10. The smallest absolute Gasteiger partial charge is 0.430 e. The van der Waals surface area contributed by atoms with Crippen LogP contribution in [0.25, 0.3) is 0 Å². The Morgan fingerprint density at radius 3 is 2.10 bits per heavy atom. The first kappa shape index (κ1) is 24.2. The molecule has 1 heterocycles. The van der Waals surface area contributed by atoms with Crippen LogP contribution in [0.4, 0.5) is 26.3 Å². The predicted octanol–water partition coefficient (Wildman–Crippen LogP) is 1.16. The molecule has 0 radical (unpaired) electrons. The zero-order chi connectivity index (χ0) is 23.3. The summed E-state index contributed by atoms with van der Waals surface area (Å²) in [6, 6.07) is 0. The van der Waals surface area contributed by atoms with Gasteiger partial charge >= 0.3 is 45.1 Å². The average molecular weight is 472 g/mol. The SMILES string of the molecule is CC1OC(=O)C2CC(OC(=O)COC(=O)C(C(F)(F)F)(C(F)(F)F)S(=O)(=O)O)CC12. The summed E-state index contributed by atoms with van der Waals surface area (Å²) < 4.78 is 115. The van der Waals surface area contributed by atoms with Crippen molar-refractivity contribution in [1.29, 1.82) is 0 Å². The number of carbonyl (C=O) groups excluding carboxylic acids is 3. The topological polar surface area (TPSA) is 133 Å².